The fourth-order valence-electron chi connectivity index (χ4n) is 3.05. The highest BCUT2D eigenvalue weighted by Gasteiger charge is 2.18. The Balaban J connectivity index is 3.35. The van der Waals surface area contributed by atoms with Crippen LogP contribution in [0.5, 0.6) is 0 Å². The smallest absolute Gasteiger partial charge is 0.0619 e. The molecule has 0 spiro atoms. The topological polar surface area (TPSA) is 20.2 Å². The molecule has 0 atom stereocenters. The molecule has 0 saturated carbocycles. The van der Waals surface area contributed by atoms with Crippen LogP contribution in [0, 0.1) is 0 Å². The minimum Gasteiger partial charge on any atom is -0.390 e. The molecule has 0 aromatic rings. The Bertz CT molecular complexity index is 187. The molecule has 0 amide bonds. The first kappa shape index (κ1) is 21.4. The molecule has 0 rings (SSSR count). The van der Waals surface area contributed by atoms with Crippen molar-refractivity contribution in [1.29, 1.82) is 0 Å². The van der Waals surface area contributed by atoms with Crippen molar-refractivity contribution in [3.63, 3.8) is 0 Å². The molecule has 0 aromatic heterocycles. The summed E-state index contributed by atoms with van der Waals surface area (Å²) in [5.74, 6) is 0. The predicted octanol–water partition coefficient (Wildman–Crippen LogP) is 3.77. The van der Waals surface area contributed by atoms with E-state index in [1.54, 1.807) is 0 Å². The molecule has 0 heterocycles. The van der Waals surface area contributed by atoms with Gasteiger partial charge in [0.15, 0.2) is 0 Å². The molecular weight excluding hydrogens is 288 g/mol. The molecule has 0 aliphatic carbocycles. The van der Waals surface area contributed by atoms with E-state index < -0.39 is 5.60 Å². The first-order valence-corrected chi connectivity index (χ1v) is 12.7. The molecular formula is C18H42OSi2. The molecule has 1 N–H and O–H groups in total. The second-order valence-electron chi connectivity index (χ2n) is 7.24. The van der Waals surface area contributed by atoms with Crippen molar-refractivity contribution >= 4 is 20.5 Å². The van der Waals surface area contributed by atoms with Gasteiger partial charge in [0.1, 0.15) is 0 Å². The van der Waals surface area contributed by atoms with Crippen molar-refractivity contribution in [2.45, 2.75) is 115 Å². The van der Waals surface area contributed by atoms with Gasteiger partial charge in [-0.15, -0.1) is 0 Å². The lowest BCUT2D eigenvalue weighted by molar-refractivity contribution is 0.0366. The van der Waals surface area contributed by atoms with E-state index in [4.69, 9.17) is 0 Å². The van der Waals surface area contributed by atoms with Crippen molar-refractivity contribution in [2.24, 2.45) is 0 Å². The van der Waals surface area contributed by atoms with Crippen LogP contribution in [0.15, 0.2) is 0 Å². The number of rotatable bonds is 16. The first-order chi connectivity index (χ1) is 10.1. The predicted molar refractivity (Wildman–Crippen MR) is 105 cm³/mol. The highest BCUT2D eigenvalue weighted by Crippen LogP contribution is 2.22. The minimum absolute atomic E-state index is 0.399. The Morgan fingerprint density at radius 3 is 1.19 bits per heavy atom. The molecule has 0 saturated heterocycles. The quantitative estimate of drug-likeness (QED) is 0.337. The maximum Gasteiger partial charge on any atom is 0.0619 e. The second kappa shape index (κ2) is 15.3. The van der Waals surface area contributed by atoms with E-state index in [-0.39, 0.29) is 0 Å². The van der Waals surface area contributed by atoms with Gasteiger partial charge in [0.25, 0.3) is 0 Å². The fourth-order valence-corrected chi connectivity index (χ4v) is 4.05. The normalized spacial score (nSPS) is 14.6. The van der Waals surface area contributed by atoms with Gasteiger partial charge in [-0.2, -0.15) is 0 Å². The first-order valence-electron chi connectivity index (χ1n) is 9.84. The van der Waals surface area contributed by atoms with E-state index in [0.717, 1.165) is 12.8 Å². The summed E-state index contributed by atoms with van der Waals surface area (Å²) >= 11 is 0. The minimum atomic E-state index is -0.399. The molecule has 0 fully saturated rings. The van der Waals surface area contributed by atoms with E-state index in [2.05, 4.69) is 6.92 Å². The average molecular weight is 331 g/mol. The van der Waals surface area contributed by atoms with Crippen molar-refractivity contribution < 1.29 is 5.11 Å². The zero-order valence-corrected chi connectivity index (χ0v) is 19.3. The third-order valence-electron chi connectivity index (χ3n) is 4.64. The fraction of sp³-hybridized carbons (Fsp3) is 1.00. The summed E-state index contributed by atoms with van der Waals surface area (Å²) in [7, 11) is 2.74. The average Bonchev–Trinajstić information content (AvgIpc) is 2.45. The molecule has 0 aliphatic rings. The third kappa shape index (κ3) is 16.6. The van der Waals surface area contributed by atoms with Crippen LogP contribution in [-0.4, -0.2) is 31.2 Å². The maximum atomic E-state index is 10.4. The highest BCUT2D eigenvalue weighted by molar-refractivity contribution is 6.08. The van der Waals surface area contributed by atoms with Crippen molar-refractivity contribution in [3.8, 4) is 0 Å². The van der Waals surface area contributed by atoms with Gasteiger partial charge in [-0.25, -0.2) is 0 Å². The van der Waals surface area contributed by atoms with Gasteiger partial charge in [0.2, 0.25) is 0 Å². The lowest BCUT2D eigenvalue weighted by Gasteiger charge is -2.23. The zero-order valence-electron chi connectivity index (χ0n) is 15.3. The summed E-state index contributed by atoms with van der Waals surface area (Å²) in [6.45, 7) is 2.05. The molecule has 21 heavy (non-hydrogen) atoms. The Morgan fingerprint density at radius 1 is 0.571 bits per heavy atom. The van der Waals surface area contributed by atoms with Crippen LogP contribution >= 0.6 is 0 Å². The molecule has 1 nitrogen and oxygen atoms in total. The standard InChI is InChI=1S/C18H42OSi2/c1-18(19,14-10-6-2-4-8-12-16-20)15-11-7-3-5-9-13-17-21/h19H,2-17H2,1,20-21H3. The molecule has 0 aliphatic heterocycles. The number of hydrogen-bond acceptors (Lipinski definition) is 1. The SMILES string of the molecule is CC(O)(CCCCCCCC[SiH3])CCCCCCCC[SiH3]. The molecule has 0 radical (unpaired) electrons. The van der Waals surface area contributed by atoms with E-state index in [9.17, 15) is 5.11 Å². The van der Waals surface area contributed by atoms with Crippen molar-refractivity contribution in [1.82, 2.24) is 0 Å². The van der Waals surface area contributed by atoms with E-state index >= 15 is 0 Å². The summed E-state index contributed by atoms with van der Waals surface area (Å²) in [6, 6.07) is 2.93. The van der Waals surface area contributed by atoms with Gasteiger partial charge in [-0.1, -0.05) is 89.1 Å². The summed E-state index contributed by atoms with van der Waals surface area (Å²) in [5, 5.41) is 10.4. The third-order valence-corrected chi connectivity index (χ3v) is 6.05. The van der Waals surface area contributed by atoms with Gasteiger partial charge in [0, 0.05) is 20.5 Å². The Kier molecular flexibility index (Phi) is 15.6. The largest absolute Gasteiger partial charge is 0.390 e. The molecule has 3 heteroatoms. The maximum absolute atomic E-state index is 10.4. The number of unbranched alkanes of at least 4 members (excludes halogenated alkanes) is 10. The monoisotopic (exact) mass is 330 g/mol. The Labute approximate surface area is 140 Å². The van der Waals surface area contributed by atoms with E-state index in [1.165, 1.54) is 110 Å². The van der Waals surface area contributed by atoms with Gasteiger partial charge >= 0.3 is 0 Å². The lowest BCUT2D eigenvalue weighted by Crippen LogP contribution is -2.23. The molecule has 128 valence electrons. The van der Waals surface area contributed by atoms with Gasteiger partial charge in [-0.3, -0.25) is 0 Å². The summed E-state index contributed by atoms with van der Waals surface area (Å²) in [6.07, 6.45) is 18.4. The van der Waals surface area contributed by atoms with Crippen LogP contribution in [0.3, 0.4) is 0 Å². The lowest BCUT2D eigenvalue weighted by atomic mass is 9.91. The van der Waals surface area contributed by atoms with Crippen LogP contribution in [0.4, 0.5) is 0 Å². The zero-order chi connectivity index (χ0) is 15.8. The number of hydrogen-bond donors (Lipinski definition) is 1. The van der Waals surface area contributed by atoms with Crippen LogP contribution in [0.2, 0.25) is 12.1 Å². The van der Waals surface area contributed by atoms with Crippen LogP contribution in [0.25, 0.3) is 0 Å². The Morgan fingerprint density at radius 2 is 0.857 bits per heavy atom. The van der Waals surface area contributed by atoms with Gasteiger partial charge in [0.05, 0.1) is 5.60 Å². The molecule has 0 unspecified atom stereocenters. The van der Waals surface area contributed by atoms with E-state index in [1.807, 2.05) is 0 Å². The van der Waals surface area contributed by atoms with Crippen molar-refractivity contribution in [3.05, 3.63) is 0 Å². The van der Waals surface area contributed by atoms with Crippen LogP contribution < -0.4 is 0 Å². The highest BCUT2D eigenvalue weighted by atomic mass is 28.1. The van der Waals surface area contributed by atoms with Crippen molar-refractivity contribution in [2.75, 3.05) is 0 Å². The molecule has 0 bridgehead atoms. The summed E-state index contributed by atoms with van der Waals surface area (Å²) in [5.41, 5.74) is -0.399. The number of aliphatic hydroxyl groups is 1. The summed E-state index contributed by atoms with van der Waals surface area (Å²) < 4.78 is 0. The van der Waals surface area contributed by atoms with Crippen LogP contribution in [-0.2, 0) is 0 Å². The van der Waals surface area contributed by atoms with E-state index in [0.29, 0.717) is 0 Å². The van der Waals surface area contributed by atoms with Gasteiger partial charge in [-0.05, 0) is 19.8 Å². The second-order valence-corrected chi connectivity index (χ2v) is 9.24. The Hall–Kier alpha value is 0.394. The van der Waals surface area contributed by atoms with Gasteiger partial charge < -0.3 is 5.11 Å². The van der Waals surface area contributed by atoms with Crippen LogP contribution in [0.1, 0.15) is 96.8 Å². The summed E-state index contributed by atoms with van der Waals surface area (Å²) in [4.78, 5) is 0. The molecule has 0 aromatic carbocycles.